The molecule has 0 spiro atoms. The maximum absolute atomic E-state index is 12.6. The molecule has 2 aromatic carbocycles. The third kappa shape index (κ3) is 2.26. The van der Waals surface area contributed by atoms with Gasteiger partial charge in [-0.2, -0.15) is 0 Å². The van der Waals surface area contributed by atoms with E-state index < -0.39 is 0 Å². The Balaban J connectivity index is 2.10. The van der Waals surface area contributed by atoms with Crippen molar-refractivity contribution >= 4 is 39.3 Å². The van der Waals surface area contributed by atoms with Crippen molar-refractivity contribution in [2.45, 2.75) is 13.8 Å². The van der Waals surface area contributed by atoms with Crippen LogP contribution in [0.15, 0.2) is 46.9 Å². The summed E-state index contributed by atoms with van der Waals surface area (Å²) in [7, 11) is 0. The van der Waals surface area contributed by atoms with Crippen LogP contribution in [0.4, 0.5) is 0 Å². The van der Waals surface area contributed by atoms with Crippen LogP contribution in [0, 0.1) is 17.4 Å². The molecular formula is C17H13IO2. The quantitative estimate of drug-likeness (QED) is 0.471. The van der Waals surface area contributed by atoms with Crippen molar-refractivity contribution in [2.24, 2.45) is 0 Å². The normalized spacial score (nSPS) is 10.9. The van der Waals surface area contributed by atoms with Gasteiger partial charge in [-0.15, -0.1) is 0 Å². The highest BCUT2D eigenvalue weighted by molar-refractivity contribution is 14.1. The van der Waals surface area contributed by atoms with Gasteiger partial charge in [0.25, 0.3) is 0 Å². The van der Waals surface area contributed by atoms with E-state index in [-0.39, 0.29) is 5.78 Å². The summed E-state index contributed by atoms with van der Waals surface area (Å²) in [5, 5.41) is 0.969. The monoisotopic (exact) mass is 376 g/mol. The third-order valence-electron chi connectivity index (χ3n) is 3.33. The molecule has 0 aliphatic rings. The Kier molecular flexibility index (Phi) is 3.38. The Labute approximate surface area is 130 Å². The largest absolute Gasteiger partial charge is 0.453 e. The lowest BCUT2D eigenvalue weighted by molar-refractivity contribution is 0.101. The van der Waals surface area contributed by atoms with E-state index in [1.54, 1.807) is 0 Å². The zero-order chi connectivity index (χ0) is 14.3. The number of carbonyl (C=O) groups excluding carboxylic acids is 1. The summed E-state index contributed by atoms with van der Waals surface area (Å²) in [5.74, 6) is 0.334. The van der Waals surface area contributed by atoms with Crippen LogP contribution in [0.2, 0.25) is 0 Å². The molecule has 0 saturated heterocycles. The molecule has 3 rings (SSSR count). The van der Waals surface area contributed by atoms with Crippen LogP contribution in [0.1, 0.15) is 27.2 Å². The lowest BCUT2D eigenvalue weighted by Crippen LogP contribution is -2.03. The van der Waals surface area contributed by atoms with Crippen LogP contribution >= 0.6 is 22.6 Å². The molecule has 0 saturated carbocycles. The van der Waals surface area contributed by atoms with Crippen molar-refractivity contribution in [3.8, 4) is 0 Å². The van der Waals surface area contributed by atoms with Crippen molar-refractivity contribution < 1.29 is 9.21 Å². The number of rotatable bonds is 2. The smallest absolute Gasteiger partial charge is 0.229 e. The zero-order valence-electron chi connectivity index (χ0n) is 11.2. The van der Waals surface area contributed by atoms with E-state index >= 15 is 0 Å². The van der Waals surface area contributed by atoms with Gasteiger partial charge in [0.2, 0.25) is 5.78 Å². The highest BCUT2D eigenvalue weighted by Crippen LogP contribution is 2.25. The fourth-order valence-electron chi connectivity index (χ4n) is 2.23. The molecule has 0 aliphatic carbocycles. The van der Waals surface area contributed by atoms with E-state index in [1.807, 2.05) is 56.3 Å². The van der Waals surface area contributed by atoms with Gasteiger partial charge in [0, 0.05) is 14.5 Å². The minimum atomic E-state index is -0.0630. The summed E-state index contributed by atoms with van der Waals surface area (Å²) in [6.07, 6.45) is 0. The Morgan fingerprint density at radius 2 is 1.90 bits per heavy atom. The molecule has 1 heterocycles. The molecule has 100 valence electrons. The van der Waals surface area contributed by atoms with E-state index in [0.717, 1.165) is 25.7 Å². The van der Waals surface area contributed by atoms with Gasteiger partial charge in [-0.25, -0.2) is 0 Å². The molecule has 0 radical (unpaired) electrons. The van der Waals surface area contributed by atoms with Crippen LogP contribution in [-0.2, 0) is 0 Å². The molecule has 20 heavy (non-hydrogen) atoms. The molecule has 0 fully saturated rings. The Hall–Kier alpha value is -1.62. The molecule has 2 nitrogen and oxygen atoms in total. The van der Waals surface area contributed by atoms with Crippen molar-refractivity contribution in [1.82, 2.24) is 0 Å². The Morgan fingerprint density at radius 1 is 1.10 bits per heavy atom. The maximum atomic E-state index is 12.6. The molecule has 0 unspecified atom stereocenters. The molecule has 0 N–H and O–H groups in total. The number of fused-ring (bicyclic) bond motifs is 1. The van der Waals surface area contributed by atoms with E-state index in [1.165, 1.54) is 0 Å². The summed E-state index contributed by atoms with van der Waals surface area (Å²) in [6.45, 7) is 4.03. The van der Waals surface area contributed by atoms with Crippen LogP contribution in [0.25, 0.3) is 11.0 Å². The van der Waals surface area contributed by atoms with Crippen LogP contribution < -0.4 is 0 Å². The summed E-state index contributed by atoms with van der Waals surface area (Å²) < 4.78 is 6.66. The fraction of sp³-hybridized carbons (Fsp3) is 0.118. The van der Waals surface area contributed by atoms with Crippen molar-refractivity contribution in [1.29, 1.82) is 0 Å². The van der Waals surface area contributed by atoms with Gasteiger partial charge >= 0.3 is 0 Å². The van der Waals surface area contributed by atoms with Crippen molar-refractivity contribution in [3.05, 3.63) is 68.5 Å². The summed E-state index contributed by atoms with van der Waals surface area (Å²) >= 11 is 2.21. The molecule has 0 atom stereocenters. The van der Waals surface area contributed by atoms with Crippen molar-refractivity contribution in [2.75, 3.05) is 0 Å². The maximum Gasteiger partial charge on any atom is 0.229 e. The first-order chi connectivity index (χ1) is 9.56. The Bertz CT molecular complexity index is 815. The number of hydrogen-bond donors (Lipinski definition) is 0. The number of halogens is 1. The number of furan rings is 1. The second kappa shape index (κ2) is 5.05. The highest BCUT2D eigenvalue weighted by atomic mass is 127. The minimum Gasteiger partial charge on any atom is -0.453 e. The summed E-state index contributed by atoms with van der Waals surface area (Å²) in [5.41, 5.74) is 3.70. The minimum absolute atomic E-state index is 0.0630. The van der Waals surface area contributed by atoms with E-state index in [0.29, 0.717) is 11.3 Å². The zero-order valence-corrected chi connectivity index (χ0v) is 13.4. The molecule has 1 aromatic heterocycles. The number of hydrogen-bond acceptors (Lipinski definition) is 2. The van der Waals surface area contributed by atoms with E-state index in [2.05, 4.69) is 22.6 Å². The standard InChI is InChI=1S/C17H13IO2/c1-10-6-7-14-12(8-10)9-15(20-14)17(19)13-5-3-4-11(2)16(13)18/h3-9H,1-2H3. The van der Waals surface area contributed by atoms with Gasteiger partial charge in [0.05, 0.1) is 0 Å². The van der Waals surface area contributed by atoms with Gasteiger partial charge in [0.15, 0.2) is 5.76 Å². The fourth-order valence-corrected chi connectivity index (χ4v) is 2.83. The topological polar surface area (TPSA) is 30.2 Å². The molecular weight excluding hydrogens is 363 g/mol. The van der Waals surface area contributed by atoms with Crippen LogP contribution in [0.3, 0.4) is 0 Å². The molecule has 0 amide bonds. The predicted molar refractivity (Wildman–Crippen MR) is 88.3 cm³/mol. The molecule has 3 heteroatoms. The first kappa shape index (κ1) is 13.4. The van der Waals surface area contributed by atoms with Gasteiger partial charge in [-0.1, -0.05) is 23.8 Å². The number of benzene rings is 2. The average molecular weight is 376 g/mol. The van der Waals surface area contributed by atoms with E-state index in [4.69, 9.17) is 4.42 Å². The number of ketones is 1. The predicted octanol–water partition coefficient (Wildman–Crippen LogP) is 4.89. The lowest BCUT2D eigenvalue weighted by Gasteiger charge is -2.03. The second-order valence-corrected chi connectivity index (χ2v) is 6.00. The van der Waals surface area contributed by atoms with Crippen molar-refractivity contribution in [3.63, 3.8) is 0 Å². The number of aryl methyl sites for hydroxylation is 2. The van der Waals surface area contributed by atoms with Crippen LogP contribution in [-0.4, -0.2) is 5.78 Å². The van der Waals surface area contributed by atoms with Gasteiger partial charge < -0.3 is 4.42 Å². The van der Waals surface area contributed by atoms with Gasteiger partial charge in [-0.05, 0) is 66.3 Å². The summed E-state index contributed by atoms with van der Waals surface area (Å²) in [6, 6.07) is 13.5. The number of carbonyl (C=O) groups is 1. The van der Waals surface area contributed by atoms with Gasteiger partial charge in [-0.3, -0.25) is 4.79 Å². The highest BCUT2D eigenvalue weighted by Gasteiger charge is 2.17. The van der Waals surface area contributed by atoms with Gasteiger partial charge in [0.1, 0.15) is 5.58 Å². The first-order valence-electron chi connectivity index (χ1n) is 6.36. The second-order valence-electron chi connectivity index (χ2n) is 4.92. The molecule has 0 aliphatic heterocycles. The SMILES string of the molecule is Cc1ccc2oc(C(=O)c3cccc(C)c3I)cc2c1. The van der Waals surface area contributed by atoms with E-state index in [9.17, 15) is 4.79 Å². The Morgan fingerprint density at radius 3 is 2.70 bits per heavy atom. The van der Waals surface area contributed by atoms with Crippen LogP contribution in [0.5, 0.6) is 0 Å². The summed E-state index contributed by atoms with van der Waals surface area (Å²) in [4.78, 5) is 12.6. The first-order valence-corrected chi connectivity index (χ1v) is 7.44. The molecule has 0 bridgehead atoms. The average Bonchev–Trinajstić information content (AvgIpc) is 2.84. The molecule has 3 aromatic rings. The lowest BCUT2D eigenvalue weighted by atomic mass is 10.1. The third-order valence-corrected chi connectivity index (χ3v) is 4.76.